The van der Waals surface area contributed by atoms with Gasteiger partial charge in [-0.15, -0.1) is 0 Å². The Morgan fingerprint density at radius 1 is 1.29 bits per heavy atom. The van der Waals surface area contributed by atoms with Crippen molar-refractivity contribution in [3.05, 3.63) is 34.6 Å². The van der Waals surface area contributed by atoms with Crippen LogP contribution >= 0.6 is 11.6 Å². The van der Waals surface area contributed by atoms with Crippen LogP contribution in [0.15, 0.2) is 18.2 Å². The molecule has 1 saturated heterocycles. The highest BCUT2D eigenvalue weighted by molar-refractivity contribution is 6.31. The normalized spacial score (nSPS) is 26.1. The lowest BCUT2D eigenvalue weighted by Gasteiger charge is -2.39. The molecule has 1 nitrogen and oxygen atoms in total. The summed E-state index contributed by atoms with van der Waals surface area (Å²) >= 11 is 6.08. The van der Waals surface area contributed by atoms with Crippen LogP contribution < -0.4 is 0 Å². The Balaban J connectivity index is 2.13. The van der Waals surface area contributed by atoms with Crippen LogP contribution in [0.5, 0.6) is 0 Å². The first-order valence-corrected chi connectivity index (χ1v) is 6.65. The molecule has 1 aromatic carbocycles. The smallest absolute Gasteiger partial charge is 0.124 e. The summed E-state index contributed by atoms with van der Waals surface area (Å²) in [6.45, 7) is 5.33. The largest absolute Gasteiger partial charge is 0.294 e. The first-order valence-electron chi connectivity index (χ1n) is 6.27. The highest BCUT2D eigenvalue weighted by Crippen LogP contribution is 2.27. The van der Waals surface area contributed by atoms with Gasteiger partial charge in [0.2, 0.25) is 0 Å². The number of rotatable bonds is 2. The van der Waals surface area contributed by atoms with Crippen molar-refractivity contribution in [1.29, 1.82) is 0 Å². The summed E-state index contributed by atoms with van der Waals surface area (Å²) in [5, 5.41) is 0.537. The molecule has 0 amide bonds. The van der Waals surface area contributed by atoms with Crippen LogP contribution in [0.1, 0.15) is 38.7 Å². The van der Waals surface area contributed by atoms with Crippen molar-refractivity contribution in [2.24, 2.45) is 0 Å². The number of benzene rings is 1. The number of hydrogen-bond acceptors (Lipinski definition) is 1. The Bertz CT molecular complexity index is 384. The fourth-order valence-electron chi connectivity index (χ4n) is 2.63. The molecule has 2 unspecified atom stereocenters. The van der Waals surface area contributed by atoms with E-state index in [9.17, 15) is 4.39 Å². The SMILES string of the molecule is CC1CCCC(C)N1Cc1ccc(F)cc1Cl. The molecular weight excluding hydrogens is 237 g/mol. The minimum absolute atomic E-state index is 0.265. The number of halogens is 2. The third kappa shape index (κ3) is 2.99. The molecule has 2 rings (SSSR count). The van der Waals surface area contributed by atoms with Crippen molar-refractivity contribution in [3.63, 3.8) is 0 Å². The topological polar surface area (TPSA) is 3.24 Å². The molecule has 1 aliphatic heterocycles. The lowest BCUT2D eigenvalue weighted by Crippen LogP contribution is -2.43. The standard InChI is InChI=1S/C14H19ClFN/c1-10-4-3-5-11(2)17(10)9-12-6-7-13(16)8-14(12)15/h6-8,10-11H,3-5,9H2,1-2H3. The number of piperidine rings is 1. The van der Waals surface area contributed by atoms with Gasteiger partial charge in [0.05, 0.1) is 0 Å². The van der Waals surface area contributed by atoms with E-state index in [-0.39, 0.29) is 5.82 Å². The van der Waals surface area contributed by atoms with Crippen molar-refractivity contribution in [1.82, 2.24) is 4.90 Å². The van der Waals surface area contributed by atoms with Crippen LogP contribution in [0.3, 0.4) is 0 Å². The average molecular weight is 256 g/mol. The summed E-state index contributed by atoms with van der Waals surface area (Å²) in [6, 6.07) is 5.85. The molecule has 0 radical (unpaired) electrons. The van der Waals surface area contributed by atoms with Crippen LogP contribution in [-0.2, 0) is 6.54 Å². The predicted octanol–water partition coefficient (Wildman–Crippen LogP) is 4.24. The third-order valence-corrected chi connectivity index (χ3v) is 4.10. The minimum atomic E-state index is -0.265. The minimum Gasteiger partial charge on any atom is -0.294 e. The second kappa shape index (κ2) is 5.36. The third-order valence-electron chi connectivity index (χ3n) is 3.74. The first-order chi connectivity index (χ1) is 8.08. The molecule has 0 aromatic heterocycles. The van der Waals surface area contributed by atoms with E-state index in [1.54, 1.807) is 6.07 Å². The van der Waals surface area contributed by atoms with Crippen LogP contribution in [0.4, 0.5) is 4.39 Å². The quantitative estimate of drug-likeness (QED) is 0.764. The zero-order chi connectivity index (χ0) is 12.4. The van der Waals surface area contributed by atoms with Crippen LogP contribution in [0, 0.1) is 5.82 Å². The molecule has 1 fully saturated rings. The second-order valence-electron chi connectivity index (χ2n) is 5.04. The van der Waals surface area contributed by atoms with Crippen molar-refractivity contribution in [2.45, 2.75) is 51.7 Å². The van der Waals surface area contributed by atoms with Gasteiger partial charge in [-0.2, -0.15) is 0 Å². The van der Waals surface area contributed by atoms with Gasteiger partial charge in [0.1, 0.15) is 5.82 Å². The van der Waals surface area contributed by atoms with Crippen LogP contribution in [0.2, 0.25) is 5.02 Å². The Morgan fingerprint density at radius 2 is 1.94 bits per heavy atom. The Kier molecular flexibility index (Phi) is 4.05. The Labute approximate surface area is 108 Å². The van der Waals surface area contributed by atoms with Crippen molar-refractivity contribution >= 4 is 11.6 Å². The van der Waals surface area contributed by atoms with E-state index >= 15 is 0 Å². The van der Waals surface area contributed by atoms with E-state index in [0.717, 1.165) is 12.1 Å². The molecule has 17 heavy (non-hydrogen) atoms. The number of hydrogen-bond donors (Lipinski definition) is 0. The summed E-state index contributed by atoms with van der Waals surface area (Å²) in [6.07, 6.45) is 3.78. The molecule has 0 spiro atoms. The molecule has 0 N–H and O–H groups in total. The second-order valence-corrected chi connectivity index (χ2v) is 5.44. The van der Waals surface area contributed by atoms with Gasteiger partial charge in [0.25, 0.3) is 0 Å². The molecule has 0 saturated carbocycles. The van der Waals surface area contributed by atoms with Crippen molar-refractivity contribution < 1.29 is 4.39 Å². The van der Waals surface area contributed by atoms with E-state index < -0.39 is 0 Å². The average Bonchev–Trinajstić information content (AvgIpc) is 2.26. The monoisotopic (exact) mass is 255 g/mol. The number of nitrogens with zero attached hydrogens (tertiary/aromatic N) is 1. The van der Waals surface area contributed by atoms with Crippen molar-refractivity contribution in [2.75, 3.05) is 0 Å². The van der Waals surface area contributed by atoms with E-state index in [1.807, 2.05) is 0 Å². The fraction of sp³-hybridized carbons (Fsp3) is 0.571. The van der Waals surface area contributed by atoms with Gasteiger partial charge in [-0.3, -0.25) is 4.90 Å². The van der Waals surface area contributed by atoms with E-state index in [0.29, 0.717) is 17.1 Å². The lowest BCUT2D eigenvalue weighted by molar-refractivity contribution is 0.0953. The summed E-state index contributed by atoms with van der Waals surface area (Å²) in [7, 11) is 0. The fourth-order valence-corrected chi connectivity index (χ4v) is 2.86. The molecular formula is C14H19ClFN. The van der Waals surface area contributed by atoms with Gasteiger partial charge in [-0.1, -0.05) is 24.1 Å². The predicted molar refractivity (Wildman–Crippen MR) is 69.7 cm³/mol. The summed E-state index contributed by atoms with van der Waals surface area (Å²) in [4.78, 5) is 2.46. The zero-order valence-corrected chi connectivity index (χ0v) is 11.2. The van der Waals surface area contributed by atoms with Gasteiger partial charge >= 0.3 is 0 Å². The van der Waals surface area contributed by atoms with Crippen LogP contribution in [-0.4, -0.2) is 17.0 Å². The highest BCUT2D eigenvalue weighted by Gasteiger charge is 2.25. The van der Waals surface area contributed by atoms with Gasteiger partial charge < -0.3 is 0 Å². The van der Waals surface area contributed by atoms with Gasteiger partial charge in [-0.25, -0.2) is 4.39 Å². The molecule has 1 aromatic rings. The van der Waals surface area contributed by atoms with Gasteiger partial charge in [-0.05, 0) is 44.4 Å². The van der Waals surface area contributed by atoms with E-state index in [4.69, 9.17) is 11.6 Å². The molecule has 94 valence electrons. The maximum atomic E-state index is 13.0. The van der Waals surface area contributed by atoms with Gasteiger partial charge in [0.15, 0.2) is 0 Å². The molecule has 0 bridgehead atoms. The zero-order valence-electron chi connectivity index (χ0n) is 10.4. The maximum Gasteiger partial charge on any atom is 0.124 e. The van der Waals surface area contributed by atoms with Crippen LogP contribution in [0.25, 0.3) is 0 Å². The van der Waals surface area contributed by atoms with Gasteiger partial charge in [0, 0.05) is 23.7 Å². The molecule has 0 aliphatic carbocycles. The number of likely N-dealkylation sites (tertiary alicyclic amines) is 1. The highest BCUT2D eigenvalue weighted by atomic mass is 35.5. The van der Waals surface area contributed by atoms with Crippen molar-refractivity contribution in [3.8, 4) is 0 Å². The van der Waals surface area contributed by atoms with E-state index in [1.165, 1.54) is 31.4 Å². The molecule has 1 aliphatic rings. The maximum absolute atomic E-state index is 13.0. The summed E-state index contributed by atoms with van der Waals surface area (Å²) in [5.74, 6) is -0.265. The summed E-state index contributed by atoms with van der Waals surface area (Å²) in [5.41, 5.74) is 1.02. The lowest BCUT2D eigenvalue weighted by atomic mass is 9.97. The first kappa shape index (κ1) is 12.8. The molecule has 1 heterocycles. The molecule has 3 heteroatoms. The Morgan fingerprint density at radius 3 is 2.53 bits per heavy atom. The summed E-state index contributed by atoms with van der Waals surface area (Å²) < 4.78 is 13.0. The molecule has 2 atom stereocenters. The van der Waals surface area contributed by atoms with E-state index in [2.05, 4.69) is 18.7 Å². The Hall–Kier alpha value is -0.600.